The van der Waals surface area contributed by atoms with Gasteiger partial charge in [-0.25, -0.2) is 13.9 Å². The molecule has 2 heterocycles. The molecule has 1 aromatic carbocycles. The number of nitrogens with zero attached hydrogens (tertiary/aromatic N) is 4. The molecule has 190 valence electrons. The molecule has 0 amide bonds. The summed E-state index contributed by atoms with van der Waals surface area (Å²) in [6.45, 7) is 3.22. The third kappa shape index (κ3) is 6.96. The Balaban J connectivity index is 1.78. The maximum Gasteiger partial charge on any atom is 0.387 e. The molecule has 1 atom stereocenters. The molecule has 13 heteroatoms. The molecular weight excluding hydrogens is 469 g/mol. The molecule has 0 saturated heterocycles. The molecule has 35 heavy (non-hydrogen) atoms. The Hall–Kier alpha value is -3.58. The van der Waals surface area contributed by atoms with E-state index in [4.69, 9.17) is 20.0 Å². The summed E-state index contributed by atoms with van der Waals surface area (Å²) in [5, 5.41) is 11.1. The number of rotatable bonds is 13. The van der Waals surface area contributed by atoms with Gasteiger partial charge in [0.05, 0.1) is 17.8 Å². The lowest BCUT2D eigenvalue weighted by Gasteiger charge is -2.19. The van der Waals surface area contributed by atoms with Crippen molar-refractivity contribution in [3.63, 3.8) is 0 Å². The number of nitrogens with two attached hydrogens (primary N) is 1. The number of alkyl halides is 2. The van der Waals surface area contributed by atoms with E-state index in [1.54, 1.807) is 19.2 Å². The Labute approximate surface area is 199 Å². The Morgan fingerprint density at radius 1 is 1.20 bits per heavy atom. The van der Waals surface area contributed by atoms with E-state index >= 15 is 0 Å². The Kier molecular flexibility index (Phi) is 9.09. The maximum absolute atomic E-state index is 13.8. The van der Waals surface area contributed by atoms with Crippen LogP contribution in [0, 0.1) is 5.82 Å². The van der Waals surface area contributed by atoms with Crippen molar-refractivity contribution in [2.24, 2.45) is 10.9 Å². The molecule has 0 saturated carbocycles. The average Bonchev–Trinajstić information content (AvgIpc) is 3.23. The van der Waals surface area contributed by atoms with E-state index in [0.717, 1.165) is 18.2 Å². The van der Waals surface area contributed by atoms with Crippen LogP contribution in [0.1, 0.15) is 37.9 Å². The van der Waals surface area contributed by atoms with E-state index in [1.807, 2.05) is 13.8 Å². The van der Waals surface area contributed by atoms with Crippen LogP contribution < -0.4 is 15.8 Å². The molecule has 3 aromatic rings. The van der Waals surface area contributed by atoms with Gasteiger partial charge in [0.15, 0.2) is 24.4 Å². The highest BCUT2D eigenvalue weighted by Gasteiger charge is 2.18. The third-order valence-corrected chi connectivity index (χ3v) is 4.74. The summed E-state index contributed by atoms with van der Waals surface area (Å²) in [5.41, 5.74) is 7.03. The molecule has 3 N–H and O–H groups in total. The lowest BCUT2D eigenvalue weighted by molar-refractivity contribution is -0.167. The third-order valence-electron chi connectivity index (χ3n) is 4.74. The number of aromatic nitrogens is 3. The lowest BCUT2D eigenvalue weighted by atomic mass is 10.1. The fraction of sp³-hybridized carbons (Fsp3) is 0.409. The Morgan fingerprint density at radius 2 is 1.94 bits per heavy atom. The second kappa shape index (κ2) is 12.2. The first-order chi connectivity index (χ1) is 16.8. The van der Waals surface area contributed by atoms with Crippen LogP contribution in [-0.2, 0) is 14.3 Å². The van der Waals surface area contributed by atoms with E-state index in [-0.39, 0.29) is 23.8 Å². The first-order valence-corrected chi connectivity index (χ1v) is 10.9. The normalized spacial score (nSPS) is 13.0. The second-order valence-corrected chi connectivity index (χ2v) is 7.18. The fourth-order valence-corrected chi connectivity index (χ4v) is 3.22. The van der Waals surface area contributed by atoms with Crippen LogP contribution in [0.3, 0.4) is 0 Å². The van der Waals surface area contributed by atoms with E-state index in [1.165, 1.54) is 10.7 Å². The number of nitrogens with one attached hydrogen (secondary N) is 1. The van der Waals surface area contributed by atoms with Crippen molar-refractivity contribution in [1.82, 2.24) is 14.6 Å². The topological polar surface area (TPSA) is 118 Å². The summed E-state index contributed by atoms with van der Waals surface area (Å²) in [6.07, 6.45) is 2.52. The fourth-order valence-electron chi connectivity index (χ4n) is 3.22. The van der Waals surface area contributed by atoms with Crippen molar-refractivity contribution in [2.45, 2.75) is 39.7 Å². The molecule has 10 nitrogen and oxygen atoms in total. The number of hydrogen-bond acceptors (Lipinski definition) is 8. The number of fused-ring (bicyclic) bond motifs is 1. The maximum atomic E-state index is 13.8. The molecule has 3 rings (SSSR count). The van der Waals surface area contributed by atoms with Gasteiger partial charge in [0.2, 0.25) is 0 Å². The van der Waals surface area contributed by atoms with Crippen molar-refractivity contribution in [3.05, 3.63) is 53.6 Å². The van der Waals surface area contributed by atoms with Gasteiger partial charge in [-0.2, -0.15) is 13.9 Å². The van der Waals surface area contributed by atoms with Crippen LogP contribution in [0.25, 0.3) is 5.65 Å². The first kappa shape index (κ1) is 26.0. The van der Waals surface area contributed by atoms with Gasteiger partial charge in [-0.3, -0.25) is 0 Å². The largest absolute Gasteiger partial charge is 0.434 e. The van der Waals surface area contributed by atoms with Crippen LogP contribution in [0.15, 0.2) is 41.8 Å². The zero-order valence-corrected chi connectivity index (χ0v) is 19.5. The number of anilines is 1. The first-order valence-electron chi connectivity index (χ1n) is 10.9. The number of amidine groups is 1. The summed E-state index contributed by atoms with van der Waals surface area (Å²) in [4.78, 5) is 9.74. The second-order valence-electron chi connectivity index (χ2n) is 7.18. The minimum Gasteiger partial charge on any atom is -0.434 e. The molecule has 0 spiro atoms. The van der Waals surface area contributed by atoms with E-state index in [9.17, 15) is 13.2 Å². The highest BCUT2D eigenvalue weighted by Crippen LogP contribution is 2.29. The predicted octanol–water partition coefficient (Wildman–Crippen LogP) is 3.68. The van der Waals surface area contributed by atoms with Crippen LogP contribution >= 0.6 is 0 Å². The SMILES string of the molecule is CCOC(CO/N=C(/N)c1cnn2ccc(N[C@H](C)c3cc(F)ccc3OC(F)F)nc12)OCC. The molecule has 0 aliphatic heterocycles. The van der Waals surface area contributed by atoms with Crippen molar-refractivity contribution in [2.75, 3.05) is 25.1 Å². The predicted molar refractivity (Wildman–Crippen MR) is 122 cm³/mol. The molecule has 0 unspecified atom stereocenters. The van der Waals surface area contributed by atoms with Crippen LogP contribution in [0.2, 0.25) is 0 Å². The smallest absolute Gasteiger partial charge is 0.387 e. The van der Waals surface area contributed by atoms with E-state index < -0.39 is 24.8 Å². The summed E-state index contributed by atoms with van der Waals surface area (Å²) >= 11 is 0. The van der Waals surface area contributed by atoms with Gasteiger partial charge in [0.1, 0.15) is 17.4 Å². The number of ether oxygens (including phenoxy) is 3. The number of halogens is 3. The van der Waals surface area contributed by atoms with Crippen LogP contribution in [0.4, 0.5) is 19.0 Å². The Bertz CT molecular complexity index is 1140. The van der Waals surface area contributed by atoms with Gasteiger partial charge in [0.25, 0.3) is 0 Å². The standard InChI is InChI=1S/C22H27F3N6O4/c1-4-32-19(33-5-2)12-34-30-20(26)16-11-27-31-9-8-18(29-21(16)31)28-13(3)15-10-14(23)6-7-17(15)35-22(24)25/h6-11,13,19,22H,4-5,12H2,1-3H3,(H2,26,30)(H,28,29)/t13-/m1/s1. The molecule has 0 fully saturated rings. The average molecular weight is 496 g/mol. The van der Waals surface area contributed by atoms with Crippen LogP contribution in [0.5, 0.6) is 5.75 Å². The number of benzene rings is 1. The highest BCUT2D eigenvalue weighted by molar-refractivity contribution is 6.02. The number of oxime groups is 1. The highest BCUT2D eigenvalue weighted by atomic mass is 19.3. The molecule has 0 radical (unpaired) electrons. The quantitative estimate of drug-likeness (QED) is 0.159. The van der Waals surface area contributed by atoms with Crippen molar-refractivity contribution >= 4 is 17.3 Å². The van der Waals surface area contributed by atoms with Crippen molar-refractivity contribution < 1.29 is 32.2 Å². The van der Waals surface area contributed by atoms with Crippen LogP contribution in [-0.4, -0.2) is 53.2 Å². The summed E-state index contributed by atoms with van der Waals surface area (Å²) in [7, 11) is 0. The minimum absolute atomic E-state index is 0.0298. The van der Waals surface area contributed by atoms with Gasteiger partial charge in [-0.1, -0.05) is 5.16 Å². The van der Waals surface area contributed by atoms with Gasteiger partial charge in [-0.15, -0.1) is 0 Å². The zero-order chi connectivity index (χ0) is 25.4. The molecule has 0 aliphatic carbocycles. The molecule has 2 aromatic heterocycles. The van der Waals surface area contributed by atoms with Gasteiger partial charge in [0, 0.05) is 25.0 Å². The van der Waals surface area contributed by atoms with Gasteiger partial charge < -0.3 is 30.1 Å². The van der Waals surface area contributed by atoms with Crippen molar-refractivity contribution in [3.8, 4) is 5.75 Å². The number of hydrogen-bond donors (Lipinski definition) is 2. The molecule has 0 aliphatic rings. The molecular formula is C22H27F3N6O4. The summed E-state index contributed by atoms with van der Waals surface area (Å²) < 4.78 is 56.0. The van der Waals surface area contributed by atoms with Gasteiger partial charge in [-0.05, 0) is 45.0 Å². The van der Waals surface area contributed by atoms with E-state index in [0.29, 0.717) is 30.2 Å². The zero-order valence-electron chi connectivity index (χ0n) is 19.5. The van der Waals surface area contributed by atoms with Gasteiger partial charge >= 0.3 is 6.61 Å². The monoisotopic (exact) mass is 496 g/mol. The summed E-state index contributed by atoms with van der Waals surface area (Å²) in [6, 6.07) is 4.32. The van der Waals surface area contributed by atoms with Crippen molar-refractivity contribution in [1.29, 1.82) is 0 Å². The Morgan fingerprint density at radius 3 is 2.63 bits per heavy atom. The lowest BCUT2D eigenvalue weighted by Crippen LogP contribution is -2.23. The summed E-state index contributed by atoms with van der Waals surface area (Å²) in [5.74, 6) is -0.335. The van der Waals surface area contributed by atoms with E-state index in [2.05, 4.69) is 25.3 Å². The minimum atomic E-state index is -3.04. The molecule has 0 bridgehead atoms.